The fourth-order valence-corrected chi connectivity index (χ4v) is 2.61. The van der Waals surface area contributed by atoms with Gasteiger partial charge in [0, 0.05) is 18.5 Å². The van der Waals surface area contributed by atoms with Crippen LogP contribution < -0.4 is 5.73 Å². The van der Waals surface area contributed by atoms with E-state index in [9.17, 15) is 4.79 Å². The van der Waals surface area contributed by atoms with Crippen LogP contribution in [0, 0.1) is 0 Å². The fourth-order valence-electron chi connectivity index (χ4n) is 2.61. The maximum absolute atomic E-state index is 12.3. The molecule has 1 aromatic carbocycles. The van der Waals surface area contributed by atoms with Crippen molar-refractivity contribution in [3.8, 4) is 11.4 Å². The molecule has 1 aliphatic rings. The quantitative estimate of drug-likeness (QED) is 0.881. The van der Waals surface area contributed by atoms with Gasteiger partial charge in [0.25, 0.3) is 0 Å². The highest BCUT2D eigenvalue weighted by Crippen LogP contribution is 2.23. The zero-order chi connectivity index (χ0) is 15.0. The second kappa shape index (κ2) is 5.00. The number of aromatic nitrogens is 2. The fraction of sp³-hybridized carbons (Fsp3) is 0.375. The standard InChI is InChI=1S/C16H20N4O/c1-16(2,17)15(21)20-9-8-12-13(10-20)19-14(18-12)11-6-4-3-5-7-11/h3-7H,8-10,17H2,1-2H3,(H,18,19). The highest BCUT2D eigenvalue weighted by molar-refractivity contribution is 5.85. The first-order valence-corrected chi connectivity index (χ1v) is 7.16. The number of hydrogen-bond acceptors (Lipinski definition) is 3. The molecule has 0 saturated heterocycles. The first kappa shape index (κ1) is 13.8. The predicted octanol–water partition coefficient (Wildman–Crippen LogP) is 1.70. The smallest absolute Gasteiger partial charge is 0.242 e. The van der Waals surface area contributed by atoms with Crippen LogP contribution in [0.25, 0.3) is 11.4 Å². The van der Waals surface area contributed by atoms with E-state index in [2.05, 4.69) is 9.97 Å². The zero-order valence-corrected chi connectivity index (χ0v) is 12.4. The second-order valence-electron chi connectivity index (χ2n) is 6.08. The van der Waals surface area contributed by atoms with Crippen molar-refractivity contribution < 1.29 is 4.79 Å². The first-order valence-electron chi connectivity index (χ1n) is 7.16. The molecule has 110 valence electrons. The van der Waals surface area contributed by atoms with Crippen molar-refractivity contribution in [2.75, 3.05) is 6.54 Å². The van der Waals surface area contributed by atoms with E-state index in [0.717, 1.165) is 29.2 Å². The number of carbonyl (C=O) groups is 1. The number of imidazole rings is 1. The van der Waals surface area contributed by atoms with Gasteiger partial charge in [0.2, 0.25) is 5.91 Å². The predicted molar refractivity (Wildman–Crippen MR) is 81.4 cm³/mol. The van der Waals surface area contributed by atoms with Crippen LogP contribution in [0.15, 0.2) is 30.3 Å². The highest BCUT2D eigenvalue weighted by atomic mass is 16.2. The van der Waals surface area contributed by atoms with Crippen LogP contribution >= 0.6 is 0 Å². The molecule has 0 aliphatic carbocycles. The van der Waals surface area contributed by atoms with Crippen LogP contribution in [0.2, 0.25) is 0 Å². The van der Waals surface area contributed by atoms with Crippen LogP contribution in [0.1, 0.15) is 25.2 Å². The Bertz CT molecular complexity index is 655. The number of carbonyl (C=O) groups excluding carboxylic acids is 1. The van der Waals surface area contributed by atoms with Gasteiger partial charge in [-0.05, 0) is 13.8 Å². The molecule has 5 nitrogen and oxygen atoms in total. The Labute approximate surface area is 124 Å². The van der Waals surface area contributed by atoms with Crippen LogP contribution in [0.4, 0.5) is 0 Å². The van der Waals surface area contributed by atoms with E-state index in [1.165, 1.54) is 0 Å². The molecule has 2 heterocycles. The van der Waals surface area contributed by atoms with Gasteiger partial charge in [0.05, 0.1) is 23.5 Å². The molecule has 0 radical (unpaired) electrons. The largest absolute Gasteiger partial charge is 0.340 e. The number of fused-ring (bicyclic) bond motifs is 1. The molecular weight excluding hydrogens is 264 g/mol. The molecule has 21 heavy (non-hydrogen) atoms. The second-order valence-corrected chi connectivity index (χ2v) is 6.08. The minimum atomic E-state index is -0.834. The number of hydrogen-bond donors (Lipinski definition) is 2. The number of nitrogens with one attached hydrogen (secondary N) is 1. The van der Waals surface area contributed by atoms with Gasteiger partial charge in [0.1, 0.15) is 5.82 Å². The summed E-state index contributed by atoms with van der Waals surface area (Å²) in [5, 5.41) is 0. The third-order valence-corrected chi connectivity index (χ3v) is 3.72. The van der Waals surface area contributed by atoms with Crippen molar-refractivity contribution in [1.29, 1.82) is 0 Å². The van der Waals surface area contributed by atoms with Crippen molar-refractivity contribution in [2.24, 2.45) is 5.73 Å². The van der Waals surface area contributed by atoms with Crippen molar-refractivity contribution in [1.82, 2.24) is 14.9 Å². The summed E-state index contributed by atoms with van der Waals surface area (Å²) in [5.41, 5.74) is 8.20. The van der Waals surface area contributed by atoms with Gasteiger partial charge in [0.15, 0.2) is 0 Å². The minimum absolute atomic E-state index is 0.0241. The lowest BCUT2D eigenvalue weighted by Crippen LogP contribution is -2.52. The third-order valence-electron chi connectivity index (χ3n) is 3.72. The van der Waals surface area contributed by atoms with E-state index >= 15 is 0 Å². The molecule has 1 aromatic heterocycles. The molecule has 0 bridgehead atoms. The molecule has 0 saturated carbocycles. The van der Waals surface area contributed by atoms with E-state index in [1.54, 1.807) is 18.7 Å². The topological polar surface area (TPSA) is 75.0 Å². The molecule has 1 amide bonds. The van der Waals surface area contributed by atoms with Crippen molar-refractivity contribution in [3.63, 3.8) is 0 Å². The summed E-state index contributed by atoms with van der Waals surface area (Å²) >= 11 is 0. The summed E-state index contributed by atoms with van der Waals surface area (Å²) in [4.78, 5) is 22.1. The van der Waals surface area contributed by atoms with Gasteiger partial charge in [-0.25, -0.2) is 4.98 Å². The number of nitrogens with two attached hydrogens (primary N) is 1. The zero-order valence-electron chi connectivity index (χ0n) is 12.4. The van der Waals surface area contributed by atoms with Crippen molar-refractivity contribution in [3.05, 3.63) is 41.7 Å². The van der Waals surface area contributed by atoms with Gasteiger partial charge in [-0.2, -0.15) is 0 Å². The Morgan fingerprint density at radius 2 is 2.05 bits per heavy atom. The number of rotatable bonds is 2. The van der Waals surface area contributed by atoms with E-state index < -0.39 is 5.54 Å². The van der Waals surface area contributed by atoms with E-state index in [4.69, 9.17) is 5.73 Å². The summed E-state index contributed by atoms with van der Waals surface area (Å²) in [5.74, 6) is 0.839. The average Bonchev–Trinajstić information content (AvgIpc) is 2.89. The van der Waals surface area contributed by atoms with Gasteiger partial charge in [-0.15, -0.1) is 0 Å². The maximum atomic E-state index is 12.3. The Morgan fingerprint density at radius 1 is 1.33 bits per heavy atom. The van der Waals surface area contributed by atoms with Crippen LogP contribution in [-0.2, 0) is 17.8 Å². The Hall–Kier alpha value is -2.14. The lowest BCUT2D eigenvalue weighted by molar-refractivity contribution is -0.136. The summed E-state index contributed by atoms with van der Waals surface area (Å²) in [6.07, 6.45) is 0.764. The normalized spacial score (nSPS) is 14.9. The van der Waals surface area contributed by atoms with Crippen molar-refractivity contribution in [2.45, 2.75) is 32.4 Å². The highest BCUT2D eigenvalue weighted by Gasteiger charge is 2.31. The van der Waals surface area contributed by atoms with Crippen LogP contribution in [0.3, 0.4) is 0 Å². The van der Waals surface area contributed by atoms with Gasteiger partial charge in [-0.3, -0.25) is 4.79 Å². The number of nitrogens with zero attached hydrogens (tertiary/aromatic N) is 2. The summed E-state index contributed by atoms with van der Waals surface area (Å²) < 4.78 is 0. The summed E-state index contributed by atoms with van der Waals surface area (Å²) in [6.45, 7) is 4.71. The Morgan fingerprint density at radius 3 is 2.71 bits per heavy atom. The molecule has 3 rings (SSSR count). The Kier molecular flexibility index (Phi) is 3.29. The SMILES string of the molecule is CC(C)(N)C(=O)N1CCc2nc(-c3ccccc3)[nH]c2C1. The molecule has 5 heteroatoms. The third kappa shape index (κ3) is 2.69. The molecule has 3 N–H and O–H groups in total. The number of benzene rings is 1. The lowest BCUT2D eigenvalue weighted by Gasteiger charge is -2.31. The van der Waals surface area contributed by atoms with Crippen LogP contribution in [-0.4, -0.2) is 32.9 Å². The average molecular weight is 284 g/mol. The van der Waals surface area contributed by atoms with E-state index in [-0.39, 0.29) is 5.91 Å². The van der Waals surface area contributed by atoms with E-state index in [1.807, 2.05) is 30.3 Å². The molecular formula is C16H20N4O. The number of H-pyrrole nitrogens is 1. The molecule has 1 aliphatic heterocycles. The summed E-state index contributed by atoms with van der Waals surface area (Å²) in [7, 11) is 0. The van der Waals surface area contributed by atoms with Crippen molar-refractivity contribution >= 4 is 5.91 Å². The molecule has 0 unspecified atom stereocenters. The van der Waals surface area contributed by atoms with Gasteiger partial charge >= 0.3 is 0 Å². The summed E-state index contributed by atoms with van der Waals surface area (Å²) in [6, 6.07) is 10.0. The molecule has 2 aromatic rings. The van der Waals surface area contributed by atoms with Crippen LogP contribution in [0.5, 0.6) is 0 Å². The molecule has 0 atom stereocenters. The lowest BCUT2D eigenvalue weighted by atomic mass is 10.0. The van der Waals surface area contributed by atoms with Gasteiger partial charge < -0.3 is 15.6 Å². The minimum Gasteiger partial charge on any atom is -0.340 e. The first-order chi connectivity index (χ1) is 9.95. The maximum Gasteiger partial charge on any atom is 0.242 e. The monoisotopic (exact) mass is 284 g/mol. The molecule has 0 fully saturated rings. The number of aromatic amines is 1. The van der Waals surface area contributed by atoms with Gasteiger partial charge in [-0.1, -0.05) is 30.3 Å². The van der Waals surface area contributed by atoms with E-state index in [0.29, 0.717) is 13.1 Å². The number of amides is 1. The molecule has 0 spiro atoms. The Balaban J connectivity index is 1.84.